The first-order valence-electron chi connectivity index (χ1n) is 6.44. The molecule has 1 amide bonds. The van der Waals surface area contributed by atoms with Crippen molar-refractivity contribution in [1.82, 2.24) is 20.4 Å². The number of aromatic nitrogens is 4. The summed E-state index contributed by atoms with van der Waals surface area (Å²) >= 11 is 0. The van der Waals surface area contributed by atoms with Gasteiger partial charge in [-0.1, -0.05) is 12.1 Å². The van der Waals surface area contributed by atoms with Crippen LogP contribution >= 0.6 is 0 Å². The average Bonchev–Trinajstić information content (AvgIpc) is 3.12. The van der Waals surface area contributed by atoms with E-state index in [1.54, 1.807) is 24.4 Å². The van der Waals surface area contributed by atoms with Crippen molar-refractivity contribution in [3.63, 3.8) is 0 Å². The molecule has 0 aliphatic rings. The number of fused-ring (bicyclic) bond motifs is 2. The van der Waals surface area contributed by atoms with E-state index in [0.717, 1.165) is 33.1 Å². The predicted molar refractivity (Wildman–Crippen MR) is 79.7 cm³/mol. The number of benzene rings is 2. The van der Waals surface area contributed by atoms with Crippen LogP contribution in [0.2, 0.25) is 0 Å². The number of amides is 1. The highest BCUT2D eigenvalue weighted by Crippen LogP contribution is 2.28. The van der Waals surface area contributed by atoms with E-state index in [4.69, 9.17) is 5.73 Å². The van der Waals surface area contributed by atoms with Crippen LogP contribution in [-0.4, -0.2) is 26.3 Å². The predicted octanol–water partition coefficient (Wildman–Crippen LogP) is 2.21. The Balaban J connectivity index is 1.96. The van der Waals surface area contributed by atoms with Gasteiger partial charge in [-0.3, -0.25) is 15.0 Å². The standard InChI is InChI=1S/C15H11N5O/c16-15(21)9-3-4-12-11(5-9)14(20-19-12)8-1-2-10-7-17-18-13(10)6-8/h1-7H,(H2,16,21)(H,17,18)(H,19,20). The third kappa shape index (κ3) is 1.77. The minimum atomic E-state index is -0.451. The number of H-pyrrole nitrogens is 2. The molecule has 0 saturated heterocycles. The van der Waals surface area contributed by atoms with Gasteiger partial charge in [0.15, 0.2) is 0 Å². The molecule has 0 atom stereocenters. The number of hydrogen-bond donors (Lipinski definition) is 3. The monoisotopic (exact) mass is 277 g/mol. The zero-order valence-electron chi connectivity index (χ0n) is 10.9. The number of nitrogens with one attached hydrogen (secondary N) is 2. The van der Waals surface area contributed by atoms with E-state index < -0.39 is 5.91 Å². The lowest BCUT2D eigenvalue weighted by Crippen LogP contribution is -2.10. The van der Waals surface area contributed by atoms with Crippen molar-refractivity contribution in [1.29, 1.82) is 0 Å². The minimum absolute atomic E-state index is 0.451. The van der Waals surface area contributed by atoms with Gasteiger partial charge in [0.25, 0.3) is 0 Å². The Kier molecular flexibility index (Phi) is 2.32. The number of carbonyl (C=O) groups is 1. The molecule has 4 rings (SSSR count). The maximum atomic E-state index is 11.3. The van der Waals surface area contributed by atoms with Crippen LogP contribution in [0.25, 0.3) is 33.1 Å². The molecule has 2 heterocycles. The summed E-state index contributed by atoms with van der Waals surface area (Å²) in [6, 6.07) is 11.2. The fraction of sp³-hybridized carbons (Fsp3) is 0. The first-order valence-corrected chi connectivity index (χ1v) is 6.44. The summed E-state index contributed by atoms with van der Waals surface area (Å²) in [6.07, 6.45) is 1.77. The summed E-state index contributed by atoms with van der Waals surface area (Å²) < 4.78 is 0. The van der Waals surface area contributed by atoms with Crippen molar-refractivity contribution in [2.24, 2.45) is 5.73 Å². The van der Waals surface area contributed by atoms with Crippen LogP contribution in [-0.2, 0) is 0 Å². The van der Waals surface area contributed by atoms with Gasteiger partial charge < -0.3 is 5.73 Å². The molecule has 21 heavy (non-hydrogen) atoms. The molecule has 0 spiro atoms. The van der Waals surface area contributed by atoms with E-state index in [9.17, 15) is 4.79 Å². The number of carbonyl (C=O) groups excluding carboxylic acids is 1. The van der Waals surface area contributed by atoms with Gasteiger partial charge in [0.1, 0.15) is 0 Å². The van der Waals surface area contributed by atoms with Gasteiger partial charge in [-0.05, 0) is 24.3 Å². The number of aromatic amines is 2. The fourth-order valence-electron chi connectivity index (χ4n) is 2.47. The van der Waals surface area contributed by atoms with Crippen LogP contribution in [0.15, 0.2) is 42.6 Å². The van der Waals surface area contributed by atoms with Crippen LogP contribution < -0.4 is 5.73 Å². The zero-order valence-corrected chi connectivity index (χ0v) is 10.9. The van der Waals surface area contributed by atoms with Gasteiger partial charge in [-0.25, -0.2) is 0 Å². The Morgan fingerprint density at radius 3 is 2.81 bits per heavy atom. The molecule has 0 radical (unpaired) electrons. The molecule has 102 valence electrons. The third-order valence-electron chi connectivity index (χ3n) is 3.56. The van der Waals surface area contributed by atoms with Crippen LogP contribution in [0.3, 0.4) is 0 Å². The smallest absolute Gasteiger partial charge is 0.248 e. The van der Waals surface area contributed by atoms with Gasteiger partial charge in [-0.2, -0.15) is 10.2 Å². The number of rotatable bonds is 2. The molecule has 0 aliphatic carbocycles. The Morgan fingerprint density at radius 1 is 1.05 bits per heavy atom. The van der Waals surface area contributed by atoms with E-state index in [0.29, 0.717) is 5.56 Å². The van der Waals surface area contributed by atoms with Gasteiger partial charge in [-0.15, -0.1) is 0 Å². The molecular weight excluding hydrogens is 266 g/mol. The molecule has 0 unspecified atom stereocenters. The van der Waals surface area contributed by atoms with E-state index in [1.165, 1.54) is 0 Å². The van der Waals surface area contributed by atoms with E-state index in [1.807, 2.05) is 18.2 Å². The molecule has 6 heteroatoms. The maximum absolute atomic E-state index is 11.3. The normalized spacial score (nSPS) is 11.2. The molecule has 2 aromatic heterocycles. The lowest BCUT2D eigenvalue weighted by atomic mass is 10.0. The van der Waals surface area contributed by atoms with Gasteiger partial charge >= 0.3 is 0 Å². The van der Waals surface area contributed by atoms with Gasteiger partial charge in [0.2, 0.25) is 5.91 Å². The summed E-state index contributed by atoms with van der Waals surface area (Å²) in [5, 5.41) is 16.2. The average molecular weight is 277 g/mol. The molecule has 6 nitrogen and oxygen atoms in total. The molecule has 0 saturated carbocycles. The topological polar surface area (TPSA) is 100 Å². The molecule has 0 bridgehead atoms. The van der Waals surface area contributed by atoms with E-state index in [2.05, 4.69) is 20.4 Å². The lowest BCUT2D eigenvalue weighted by molar-refractivity contribution is 0.100. The van der Waals surface area contributed by atoms with Crippen molar-refractivity contribution in [2.75, 3.05) is 0 Å². The minimum Gasteiger partial charge on any atom is -0.366 e. The number of nitrogens with zero attached hydrogens (tertiary/aromatic N) is 2. The second-order valence-corrected chi connectivity index (χ2v) is 4.87. The third-order valence-corrected chi connectivity index (χ3v) is 3.56. The zero-order chi connectivity index (χ0) is 14.4. The van der Waals surface area contributed by atoms with Crippen LogP contribution in [0.4, 0.5) is 0 Å². The SMILES string of the molecule is NC(=O)c1ccc2[nH]nc(-c3ccc4cn[nH]c4c3)c2c1. The van der Waals surface area contributed by atoms with Crippen LogP contribution in [0, 0.1) is 0 Å². The summed E-state index contributed by atoms with van der Waals surface area (Å²) in [7, 11) is 0. The van der Waals surface area contributed by atoms with Crippen LogP contribution in [0.1, 0.15) is 10.4 Å². The molecular formula is C15H11N5O. The first-order chi connectivity index (χ1) is 10.2. The molecule has 4 aromatic rings. The Bertz CT molecular complexity index is 982. The largest absolute Gasteiger partial charge is 0.366 e. The molecule has 4 N–H and O–H groups in total. The quantitative estimate of drug-likeness (QED) is 0.523. The summed E-state index contributed by atoms with van der Waals surface area (Å²) in [5.41, 5.74) is 9.33. The van der Waals surface area contributed by atoms with Crippen molar-refractivity contribution in [2.45, 2.75) is 0 Å². The van der Waals surface area contributed by atoms with Crippen molar-refractivity contribution < 1.29 is 4.79 Å². The van der Waals surface area contributed by atoms with Crippen molar-refractivity contribution in [3.8, 4) is 11.3 Å². The summed E-state index contributed by atoms with van der Waals surface area (Å²) in [5.74, 6) is -0.451. The summed E-state index contributed by atoms with van der Waals surface area (Å²) in [4.78, 5) is 11.3. The van der Waals surface area contributed by atoms with E-state index in [-0.39, 0.29) is 0 Å². The first kappa shape index (κ1) is 11.7. The summed E-state index contributed by atoms with van der Waals surface area (Å²) in [6.45, 7) is 0. The van der Waals surface area contributed by atoms with Crippen molar-refractivity contribution in [3.05, 3.63) is 48.2 Å². The highest BCUT2D eigenvalue weighted by molar-refractivity contribution is 6.01. The second kappa shape index (κ2) is 4.17. The van der Waals surface area contributed by atoms with Crippen molar-refractivity contribution >= 4 is 27.7 Å². The molecule has 0 aliphatic heterocycles. The number of hydrogen-bond acceptors (Lipinski definition) is 3. The van der Waals surface area contributed by atoms with E-state index >= 15 is 0 Å². The molecule has 2 aromatic carbocycles. The van der Waals surface area contributed by atoms with Gasteiger partial charge in [0, 0.05) is 21.9 Å². The maximum Gasteiger partial charge on any atom is 0.248 e. The Labute approximate surface area is 119 Å². The number of nitrogens with two attached hydrogens (primary N) is 1. The Hall–Kier alpha value is -3.15. The molecule has 0 fully saturated rings. The van der Waals surface area contributed by atoms with Gasteiger partial charge in [0.05, 0.1) is 22.9 Å². The number of primary amides is 1. The highest BCUT2D eigenvalue weighted by Gasteiger charge is 2.11. The van der Waals surface area contributed by atoms with Crippen LogP contribution in [0.5, 0.6) is 0 Å². The second-order valence-electron chi connectivity index (χ2n) is 4.87. The fourth-order valence-corrected chi connectivity index (χ4v) is 2.47. The lowest BCUT2D eigenvalue weighted by Gasteiger charge is -2.00. The highest BCUT2D eigenvalue weighted by atomic mass is 16.1. The Morgan fingerprint density at radius 2 is 1.95 bits per heavy atom.